The fraction of sp³-hybridized carbons (Fsp3) is 0.118. The van der Waals surface area contributed by atoms with Crippen LogP contribution in [-0.4, -0.2) is 23.2 Å². The van der Waals surface area contributed by atoms with Crippen LogP contribution in [-0.2, 0) is 0 Å². The van der Waals surface area contributed by atoms with E-state index in [4.69, 9.17) is 20.9 Å². The van der Waals surface area contributed by atoms with E-state index in [1.807, 2.05) is 0 Å². The van der Waals surface area contributed by atoms with Crippen LogP contribution in [0.2, 0.25) is 5.02 Å². The Morgan fingerprint density at radius 3 is 2.72 bits per heavy atom. The van der Waals surface area contributed by atoms with E-state index in [-0.39, 0.29) is 5.91 Å². The van der Waals surface area contributed by atoms with E-state index in [1.54, 1.807) is 43.3 Å². The monoisotopic (exact) mass is 358 g/mol. The van der Waals surface area contributed by atoms with E-state index in [9.17, 15) is 4.79 Å². The van der Waals surface area contributed by atoms with Crippen LogP contribution in [0.4, 0.5) is 17.3 Å². The summed E-state index contributed by atoms with van der Waals surface area (Å²) < 4.78 is 10.1. The Bertz CT molecular complexity index is 910. The Kier molecular flexibility index (Phi) is 4.85. The van der Waals surface area contributed by atoms with Crippen molar-refractivity contribution in [3.63, 3.8) is 0 Å². The lowest BCUT2D eigenvalue weighted by Gasteiger charge is -2.09. The first-order valence-electron chi connectivity index (χ1n) is 7.36. The third-order valence-corrected chi connectivity index (χ3v) is 3.61. The zero-order chi connectivity index (χ0) is 17.8. The van der Waals surface area contributed by atoms with E-state index >= 15 is 0 Å². The molecule has 0 fully saturated rings. The van der Waals surface area contributed by atoms with Gasteiger partial charge >= 0.3 is 0 Å². The zero-order valence-corrected chi connectivity index (χ0v) is 14.3. The van der Waals surface area contributed by atoms with Crippen molar-refractivity contribution in [1.29, 1.82) is 0 Å². The Morgan fingerprint density at radius 2 is 2.04 bits per heavy atom. The Hall–Kier alpha value is -3.06. The first-order chi connectivity index (χ1) is 12.0. The first kappa shape index (κ1) is 16.8. The summed E-state index contributed by atoms with van der Waals surface area (Å²) in [4.78, 5) is 16.6. The smallest absolute Gasteiger partial charge is 0.255 e. The molecule has 8 heteroatoms. The van der Waals surface area contributed by atoms with Crippen LogP contribution < -0.4 is 15.4 Å². The Morgan fingerprint density at radius 1 is 1.20 bits per heavy atom. The molecule has 0 saturated carbocycles. The number of hydrogen-bond acceptors (Lipinski definition) is 6. The van der Waals surface area contributed by atoms with Gasteiger partial charge in [0, 0.05) is 23.5 Å². The molecule has 2 aromatic heterocycles. The first-order valence-corrected chi connectivity index (χ1v) is 7.74. The average molecular weight is 359 g/mol. The van der Waals surface area contributed by atoms with Gasteiger partial charge in [0.2, 0.25) is 0 Å². The predicted molar refractivity (Wildman–Crippen MR) is 94.7 cm³/mol. The molecular weight excluding hydrogens is 344 g/mol. The second-order valence-corrected chi connectivity index (χ2v) is 5.59. The van der Waals surface area contributed by atoms with E-state index < -0.39 is 0 Å². The topological polar surface area (TPSA) is 89.3 Å². The number of halogens is 1. The molecule has 0 unspecified atom stereocenters. The van der Waals surface area contributed by atoms with Crippen LogP contribution in [0.5, 0.6) is 5.75 Å². The minimum absolute atomic E-state index is 0.289. The number of methoxy groups -OCH3 is 1. The minimum Gasteiger partial charge on any atom is -0.495 e. The number of benzene rings is 1. The highest BCUT2D eigenvalue weighted by atomic mass is 35.5. The molecule has 0 bridgehead atoms. The van der Waals surface area contributed by atoms with Crippen molar-refractivity contribution in [2.75, 3.05) is 17.7 Å². The second-order valence-electron chi connectivity index (χ2n) is 5.18. The van der Waals surface area contributed by atoms with Gasteiger partial charge < -0.3 is 19.9 Å². The van der Waals surface area contributed by atoms with Gasteiger partial charge in [-0.2, -0.15) is 0 Å². The van der Waals surface area contributed by atoms with Gasteiger partial charge in [0.1, 0.15) is 17.3 Å². The number of rotatable bonds is 5. The summed E-state index contributed by atoms with van der Waals surface area (Å²) in [6, 6.07) is 9.97. The van der Waals surface area contributed by atoms with E-state index in [0.29, 0.717) is 39.4 Å². The molecule has 2 N–H and O–H groups in total. The summed E-state index contributed by atoms with van der Waals surface area (Å²) in [5.74, 6) is 1.92. The van der Waals surface area contributed by atoms with Crippen molar-refractivity contribution in [1.82, 2.24) is 10.1 Å². The molecule has 25 heavy (non-hydrogen) atoms. The van der Waals surface area contributed by atoms with Gasteiger partial charge in [-0.15, -0.1) is 0 Å². The number of anilines is 3. The number of nitrogens with one attached hydrogen (secondary N) is 2. The molecule has 7 nitrogen and oxygen atoms in total. The van der Waals surface area contributed by atoms with Crippen molar-refractivity contribution in [3.05, 3.63) is 58.9 Å². The SMILES string of the molecule is COc1ccc(NC(=O)c2ccnc(Nc3cc(C)on3)c2)cc1Cl. The molecule has 1 amide bonds. The normalized spacial score (nSPS) is 10.4. The number of carbonyl (C=O) groups excluding carboxylic acids is 1. The van der Waals surface area contributed by atoms with Crippen LogP contribution in [0.3, 0.4) is 0 Å². The molecule has 128 valence electrons. The minimum atomic E-state index is -0.289. The summed E-state index contributed by atoms with van der Waals surface area (Å²) >= 11 is 6.06. The summed E-state index contributed by atoms with van der Waals surface area (Å²) in [5, 5.41) is 9.99. The van der Waals surface area contributed by atoms with Gasteiger partial charge in [0.05, 0.1) is 12.1 Å². The quantitative estimate of drug-likeness (QED) is 0.715. The molecule has 0 saturated heterocycles. The van der Waals surface area contributed by atoms with E-state index in [1.165, 1.54) is 13.3 Å². The number of ether oxygens (including phenoxy) is 1. The maximum Gasteiger partial charge on any atom is 0.255 e. The molecule has 0 radical (unpaired) electrons. The largest absolute Gasteiger partial charge is 0.495 e. The highest BCUT2D eigenvalue weighted by molar-refractivity contribution is 6.32. The van der Waals surface area contributed by atoms with Crippen LogP contribution >= 0.6 is 11.6 Å². The lowest BCUT2D eigenvalue weighted by Crippen LogP contribution is -2.12. The Balaban J connectivity index is 1.73. The fourth-order valence-electron chi connectivity index (χ4n) is 2.14. The number of nitrogens with zero attached hydrogens (tertiary/aromatic N) is 2. The lowest BCUT2D eigenvalue weighted by atomic mass is 10.2. The number of pyridine rings is 1. The second kappa shape index (κ2) is 7.23. The molecule has 0 spiro atoms. The molecule has 0 aliphatic rings. The van der Waals surface area contributed by atoms with Gasteiger partial charge in [0.25, 0.3) is 5.91 Å². The number of carbonyl (C=O) groups is 1. The highest BCUT2D eigenvalue weighted by Crippen LogP contribution is 2.27. The van der Waals surface area contributed by atoms with Gasteiger partial charge in [-0.25, -0.2) is 4.98 Å². The summed E-state index contributed by atoms with van der Waals surface area (Å²) in [6.07, 6.45) is 1.53. The number of hydrogen-bond donors (Lipinski definition) is 2. The van der Waals surface area contributed by atoms with Gasteiger partial charge in [-0.1, -0.05) is 16.8 Å². The summed E-state index contributed by atoms with van der Waals surface area (Å²) in [6.45, 7) is 1.79. The van der Waals surface area contributed by atoms with Gasteiger partial charge in [0.15, 0.2) is 5.82 Å². The van der Waals surface area contributed by atoms with Gasteiger partial charge in [-0.3, -0.25) is 4.79 Å². The fourth-order valence-corrected chi connectivity index (χ4v) is 2.40. The van der Waals surface area contributed by atoms with E-state index in [0.717, 1.165) is 0 Å². The Labute approximate surface area is 149 Å². The summed E-state index contributed by atoms with van der Waals surface area (Å²) in [5.41, 5.74) is 0.999. The standard InChI is InChI=1S/C17H15ClN4O3/c1-10-7-16(22-25-10)21-15-8-11(5-6-19-15)17(23)20-12-3-4-14(24-2)13(18)9-12/h3-9H,1-2H3,(H,20,23)(H,19,21,22). The number of aryl methyl sites for hydroxylation is 1. The molecule has 3 rings (SSSR count). The predicted octanol–water partition coefficient (Wildman–Crippen LogP) is 4.04. The van der Waals surface area contributed by atoms with Crippen molar-refractivity contribution in [2.24, 2.45) is 0 Å². The highest BCUT2D eigenvalue weighted by Gasteiger charge is 2.10. The van der Waals surface area contributed by atoms with Crippen molar-refractivity contribution in [2.45, 2.75) is 6.92 Å². The molecular formula is C17H15ClN4O3. The van der Waals surface area contributed by atoms with Crippen LogP contribution in [0.15, 0.2) is 47.1 Å². The van der Waals surface area contributed by atoms with Crippen molar-refractivity contribution >= 4 is 34.8 Å². The maximum atomic E-state index is 12.4. The van der Waals surface area contributed by atoms with Crippen LogP contribution in [0.1, 0.15) is 16.1 Å². The third-order valence-electron chi connectivity index (χ3n) is 3.32. The number of amides is 1. The average Bonchev–Trinajstić information content (AvgIpc) is 3.00. The maximum absolute atomic E-state index is 12.4. The molecule has 3 aromatic rings. The lowest BCUT2D eigenvalue weighted by molar-refractivity contribution is 0.102. The van der Waals surface area contributed by atoms with Crippen LogP contribution in [0.25, 0.3) is 0 Å². The van der Waals surface area contributed by atoms with Crippen molar-refractivity contribution in [3.8, 4) is 5.75 Å². The van der Waals surface area contributed by atoms with Crippen molar-refractivity contribution < 1.29 is 14.1 Å². The van der Waals surface area contributed by atoms with E-state index in [2.05, 4.69) is 20.8 Å². The number of aromatic nitrogens is 2. The third kappa shape index (κ3) is 4.07. The molecule has 2 heterocycles. The zero-order valence-electron chi connectivity index (χ0n) is 13.5. The summed E-state index contributed by atoms with van der Waals surface area (Å²) in [7, 11) is 1.53. The van der Waals surface area contributed by atoms with Crippen LogP contribution in [0, 0.1) is 6.92 Å². The molecule has 0 atom stereocenters. The molecule has 0 aliphatic carbocycles. The van der Waals surface area contributed by atoms with Gasteiger partial charge in [-0.05, 0) is 37.3 Å². The molecule has 0 aliphatic heterocycles. The molecule has 1 aromatic carbocycles.